The third-order valence-corrected chi connectivity index (χ3v) is 2.40. The van der Waals surface area contributed by atoms with Gasteiger partial charge in [0.05, 0.1) is 7.11 Å². The standard InChI is InChI=1S/C13H19NO4/c1-3-7-14-12(13(15)16)9-18-11-6-4-5-10(8-11)17-2/h4-6,8,12,14H,3,7,9H2,1-2H3,(H,15,16). The van der Waals surface area contributed by atoms with E-state index in [1.807, 2.05) is 6.92 Å². The van der Waals surface area contributed by atoms with Crippen molar-refractivity contribution in [3.05, 3.63) is 24.3 Å². The lowest BCUT2D eigenvalue weighted by Gasteiger charge is -2.15. The fourth-order valence-corrected chi connectivity index (χ4v) is 1.41. The number of hydrogen-bond acceptors (Lipinski definition) is 4. The highest BCUT2D eigenvalue weighted by Crippen LogP contribution is 2.18. The molecule has 2 N–H and O–H groups in total. The third-order valence-electron chi connectivity index (χ3n) is 2.40. The molecule has 1 unspecified atom stereocenters. The molecule has 5 nitrogen and oxygen atoms in total. The molecule has 0 aliphatic heterocycles. The molecule has 0 aliphatic carbocycles. The van der Waals surface area contributed by atoms with Crippen molar-refractivity contribution in [1.82, 2.24) is 5.32 Å². The fourth-order valence-electron chi connectivity index (χ4n) is 1.41. The molecule has 100 valence electrons. The van der Waals surface area contributed by atoms with Crippen molar-refractivity contribution >= 4 is 5.97 Å². The van der Waals surface area contributed by atoms with E-state index in [1.54, 1.807) is 31.4 Å². The van der Waals surface area contributed by atoms with Crippen molar-refractivity contribution in [3.8, 4) is 11.5 Å². The first-order valence-electron chi connectivity index (χ1n) is 5.90. The first-order valence-corrected chi connectivity index (χ1v) is 5.90. The molecule has 0 bridgehead atoms. The summed E-state index contributed by atoms with van der Waals surface area (Å²) in [4.78, 5) is 11.0. The minimum Gasteiger partial charge on any atom is -0.497 e. The normalized spacial score (nSPS) is 11.9. The number of ether oxygens (including phenoxy) is 2. The first-order chi connectivity index (χ1) is 8.67. The number of nitrogens with one attached hydrogen (secondary N) is 1. The maximum atomic E-state index is 11.0. The lowest BCUT2D eigenvalue weighted by molar-refractivity contribution is -0.140. The first kappa shape index (κ1) is 14.3. The van der Waals surface area contributed by atoms with E-state index in [0.29, 0.717) is 18.0 Å². The van der Waals surface area contributed by atoms with Crippen LogP contribution in [0.4, 0.5) is 0 Å². The third kappa shape index (κ3) is 4.63. The minimum atomic E-state index is -0.911. The maximum absolute atomic E-state index is 11.0. The zero-order chi connectivity index (χ0) is 13.4. The Morgan fingerprint density at radius 1 is 1.44 bits per heavy atom. The number of carbonyl (C=O) groups is 1. The Bertz CT molecular complexity index is 381. The van der Waals surface area contributed by atoms with Crippen LogP contribution in [0.15, 0.2) is 24.3 Å². The van der Waals surface area contributed by atoms with E-state index >= 15 is 0 Å². The number of hydrogen-bond donors (Lipinski definition) is 2. The van der Waals surface area contributed by atoms with E-state index in [0.717, 1.165) is 6.42 Å². The van der Waals surface area contributed by atoms with Crippen LogP contribution >= 0.6 is 0 Å². The smallest absolute Gasteiger partial charge is 0.324 e. The Balaban J connectivity index is 2.52. The van der Waals surface area contributed by atoms with E-state index in [9.17, 15) is 4.79 Å². The Morgan fingerprint density at radius 3 is 2.78 bits per heavy atom. The summed E-state index contributed by atoms with van der Waals surface area (Å²) in [6.45, 7) is 2.72. The number of carboxylic acids is 1. The largest absolute Gasteiger partial charge is 0.497 e. The van der Waals surface area contributed by atoms with Crippen molar-refractivity contribution in [2.24, 2.45) is 0 Å². The van der Waals surface area contributed by atoms with E-state index in [2.05, 4.69) is 5.32 Å². The lowest BCUT2D eigenvalue weighted by atomic mass is 10.3. The molecule has 1 aromatic carbocycles. The van der Waals surface area contributed by atoms with Gasteiger partial charge >= 0.3 is 5.97 Å². The number of methoxy groups -OCH3 is 1. The molecule has 1 atom stereocenters. The molecule has 0 heterocycles. The molecule has 0 saturated heterocycles. The molecule has 0 amide bonds. The average Bonchev–Trinajstić information content (AvgIpc) is 2.38. The van der Waals surface area contributed by atoms with Crippen molar-refractivity contribution in [2.75, 3.05) is 20.3 Å². The molecule has 0 radical (unpaired) electrons. The highest BCUT2D eigenvalue weighted by atomic mass is 16.5. The van der Waals surface area contributed by atoms with E-state index in [4.69, 9.17) is 14.6 Å². The van der Waals surface area contributed by atoms with Gasteiger partial charge < -0.3 is 19.9 Å². The lowest BCUT2D eigenvalue weighted by Crippen LogP contribution is -2.41. The van der Waals surface area contributed by atoms with Gasteiger partial charge in [-0.15, -0.1) is 0 Å². The van der Waals surface area contributed by atoms with Crippen LogP contribution in [-0.2, 0) is 4.79 Å². The van der Waals surface area contributed by atoms with Gasteiger partial charge in [0.1, 0.15) is 24.1 Å². The van der Waals surface area contributed by atoms with Gasteiger partial charge in [0.2, 0.25) is 0 Å². The molecule has 5 heteroatoms. The zero-order valence-electron chi connectivity index (χ0n) is 10.7. The zero-order valence-corrected chi connectivity index (χ0v) is 10.7. The van der Waals surface area contributed by atoms with Gasteiger partial charge in [-0.2, -0.15) is 0 Å². The van der Waals surface area contributed by atoms with E-state index < -0.39 is 12.0 Å². The van der Waals surface area contributed by atoms with Crippen LogP contribution in [0.1, 0.15) is 13.3 Å². The molecule has 0 aromatic heterocycles. The molecule has 0 aliphatic rings. The fraction of sp³-hybridized carbons (Fsp3) is 0.462. The van der Waals surface area contributed by atoms with Gasteiger partial charge in [0.15, 0.2) is 0 Å². The summed E-state index contributed by atoms with van der Waals surface area (Å²) < 4.78 is 10.5. The predicted octanol–water partition coefficient (Wildman–Crippen LogP) is 1.53. The molecule has 0 spiro atoms. The van der Waals surface area contributed by atoms with Gasteiger partial charge in [-0.25, -0.2) is 0 Å². The van der Waals surface area contributed by atoms with Crippen LogP contribution in [0.3, 0.4) is 0 Å². The Kier molecular flexibility index (Phi) is 6.00. The van der Waals surface area contributed by atoms with Crippen LogP contribution < -0.4 is 14.8 Å². The molecule has 1 aromatic rings. The van der Waals surface area contributed by atoms with Gasteiger partial charge in [0, 0.05) is 6.07 Å². The second-order valence-corrected chi connectivity index (χ2v) is 3.83. The topological polar surface area (TPSA) is 67.8 Å². The van der Waals surface area contributed by atoms with Crippen molar-refractivity contribution < 1.29 is 19.4 Å². The molecular weight excluding hydrogens is 234 g/mol. The SMILES string of the molecule is CCCNC(COc1cccc(OC)c1)C(=O)O. The number of aliphatic carboxylic acids is 1. The van der Waals surface area contributed by atoms with E-state index in [1.165, 1.54) is 0 Å². The number of benzene rings is 1. The van der Waals surface area contributed by atoms with Crippen molar-refractivity contribution in [2.45, 2.75) is 19.4 Å². The summed E-state index contributed by atoms with van der Waals surface area (Å²) in [6, 6.07) is 6.39. The van der Waals surface area contributed by atoms with Crippen LogP contribution in [0.2, 0.25) is 0 Å². The van der Waals surface area contributed by atoms with Crippen LogP contribution in [0, 0.1) is 0 Å². The Morgan fingerprint density at radius 2 is 2.17 bits per heavy atom. The minimum absolute atomic E-state index is 0.0858. The second-order valence-electron chi connectivity index (χ2n) is 3.83. The second kappa shape index (κ2) is 7.55. The molecule has 18 heavy (non-hydrogen) atoms. The highest BCUT2D eigenvalue weighted by molar-refractivity contribution is 5.73. The van der Waals surface area contributed by atoms with E-state index in [-0.39, 0.29) is 6.61 Å². The van der Waals surface area contributed by atoms with Gasteiger partial charge in [-0.05, 0) is 25.1 Å². The monoisotopic (exact) mass is 253 g/mol. The average molecular weight is 253 g/mol. The molecule has 1 rings (SSSR count). The summed E-state index contributed by atoms with van der Waals surface area (Å²) in [7, 11) is 1.57. The van der Waals surface area contributed by atoms with Crippen LogP contribution in [0.25, 0.3) is 0 Å². The Hall–Kier alpha value is -1.75. The van der Waals surface area contributed by atoms with Gasteiger partial charge in [0.25, 0.3) is 0 Å². The van der Waals surface area contributed by atoms with Crippen LogP contribution in [-0.4, -0.2) is 37.4 Å². The molecule has 0 fully saturated rings. The maximum Gasteiger partial charge on any atom is 0.324 e. The number of carboxylic acid groups (broad SMARTS) is 1. The predicted molar refractivity (Wildman–Crippen MR) is 68.2 cm³/mol. The summed E-state index contributed by atoms with van der Waals surface area (Å²) in [5.41, 5.74) is 0. The quantitative estimate of drug-likeness (QED) is 0.735. The summed E-state index contributed by atoms with van der Waals surface area (Å²) in [6.07, 6.45) is 0.878. The van der Waals surface area contributed by atoms with Gasteiger partial charge in [-0.1, -0.05) is 13.0 Å². The van der Waals surface area contributed by atoms with Gasteiger partial charge in [-0.3, -0.25) is 4.79 Å². The van der Waals surface area contributed by atoms with Crippen molar-refractivity contribution in [3.63, 3.8) is 0 Å². The van der Waals surface area contributed by atoms with Crippen molar-refractivity contribution in [1.29, 1.82) is 0 Å². The highest BCUT2D eigenvalue weighted by Gasteiger charge is 2.16. The van der Waals surface area contributed by atoms with Crippen LogP contribution in [0.5, 0.6) is 11.5 Å². The molecule has 0 saturated carbocycles. The molecular formula is C13H19NO4. The Labute approximate surface area is 107 Å². The summed E-state index contributed by atoms with van der Waals surface area (Å²) in [5, 5.41) is 11.9. The summed E-state index contributed by atoms with van der Waals surface area (Å²) >= 11 is 0. The summed E-state index contributed by atoms with van der Waals surface area (Å²) in [5.74, 6) is 0.367. The number of rotatable bonds is 8.